The molecule has 0 radical (unpaired) electrons. The first-order valence-electron chi connectivity index (χ1n) is 7.26. The van der Waals surface area contributed by atoms with E-state index in [-0.39, 0.29) is 6.04 Å². The average molecular weight is 278 g/mol. The molecule has 0 bridgehead atoms. The lowest BCUT2D eigenvalue weighted by atomic mass is 10.0. The molecule has 3 heteroatoms. The number of benzene rings is 2. The third-order valence-electron chi connectivity index (χ3n) is 3.95. The third kappa shape index (κ3) is 2.47. The Morgan fingerprint density at radius 2 is 1.95 bits per heavy atom. The van der Waals surface area contributed by atoms with Crippen LogP contribution in [0.5, 0.6) is 0 Å². The zero-order valence-corrected chi connectivity index (χ0v) is 12.3. The number of hydrogen-bond donors (Lipinski definition) is 0. The predicted octanol–water partition coefficient (Wildman–Crippen LogP) is 4.49. The second-order valence-electron chi connectivity index (χ2n) is 5.35. The van der Waals surface area contributed by atoms with Crippen LogP contribution in [0.2, 0.25) is 0 Å². The van der Waals surface area contributed by atoms with E-state index in [2.05, 4.69) is 43.2 Å². The summed E-state index contributed by atoms with van der Waals surface area (Å²) in [6, 6.07) is 14.7. The molecule has 0 N–H and O–H groups in total. The number of aldehydes is 1. The second kappa shape index (κ2) is 5.52. The van der Waals surface area contributed by atoms with Gasteiger partial charge in [0.2, 0.25) is 0 Å². The van der Waals surface area contributed by atoms with E-state index in [1.54, 1.807) is 0 Å². The van der Waals surface area contributed by atoms with Gasteiger partial charge in [0, 0.05) is 17.8 Å². The topological polar surface area (TPSA) is 34.9 Å². The Balaban J connectivity index is 2.12. The minimum absolute atomic E-state index is 0.290. The Labute approximate surface area is 124 Å². The normalized spacial score (nSPS) is 12.5. The summed E-state index contributed by atoms with van der Waals surface area (Å²) in [4.78, 5) is 11.3. The molecule has 1 atom stereocenters. The lowest BCUT2D eigenvalue weighted by Crippen LogP contribution is -2.04. The van der Waals surface area contributed by atoms with Crippen molar-refractivity contribution in [3.8, 4) is 11.3 Å². The summed E-state index contributed by atoms with van der Waals surface area (Å²) in [7, 11) is 0. The molecule has 106 valence electrons. The summed E-state index contributed by atoms with van der Waals surface area (Å²) in [5.74, 6) is 0. The molecule has 0 spiro atoms. The first-order chi connectivity index (χ1) is 10.2. The largest absolute Gasteiger partial charge is 0.298 e. The SMILES string of the molecule is CCC(C)n1cc(C=O)c(-c2ccc3ccccc3c2)n1. The quantitative estimate of drug-likeness (QED) is 0.659. The molecule has 0 aliphatic heterocycles. The predicted molar refractivity (Wildman–Crippen MR) is 85.6 cm³/mol. The van der Waals surface area contributed by atoms with E-state index in [4.69, 9.17) is 0 Å². The van der Waals surface area contributed by atoms with Crippen LogP contribution in [-0.4, -0.2) is 16.1 Å². The maximum Gasteiger partial charge on any atom is 0.153 e. The number of rotatable bonds is 4. The smallest absolute Gasteiger partial charge is 0.153 e. The van der Waals surface area contributed by atoms with Crippen molar-refractivity contribution < 1.29 is 4.79 Å². The number of nitrogens with zero attached hydrogens (tertiary/aromatic N) is 2. The second-order valence-corrected chi connectivity index (χ2v) is 5.35. The van der Waals surface area contributed by atoms with Crippen molar-refractivity contribution in [3.05, 3.63) is 54.2 Å². The van der Waals surface area contributed by atoms with Gasteiger partial charge in [0.15, 0.2) is 6.29 Å². The van der Waals surface area contributed by atoms with Gasteiger partial charge >= 0.3 is 0 Å². The zero-order valence-electron chi connectivity index (χ0n) is 12.3. The number of aromatic nitrogens is 2. The van der Waals surface area contributed by atoms with Crippen molar-refractivity contribution in [2.24, 2.45) is 0 Å². The number of hydrogen-bond acceptors (Lipinski definition) is 2. The fourth-order valence-corrected chi connectivity index (χ4v) is 2.47. The van der Waals surface area contributed by atoms with Crippen molar-refractivity contribution >= 4 is 17.1 Å². The molecule has 0 aliphatic carbocycles. The fourth-order valence-electron chi connectivity index (χ4n) is 2.47. The molecule has 3 nitrogen and oxygen atoms in total. The third-order valence-corrected chi connectivity index (χ3v) is 3.95. The Kier molecular flexibility index (Phi) is 3.57. The molecule has 3 rings (SSSR count). The molecular formula is C18H18N2O. The minimum atomic E-state index is 0.290. The van der Waals surface area contributed by atoms with Crippen LogP contribution in [0, 0.1) is 0 Å². The van der Waals surface area contributed by atoms with Crippen molar-refractivity contribution in [2.75, 3.05) is 0 Å². The molecule has 0 saturated carbocycles. The minimum Gasteiger partial charge on any atom is -0.298 e. The van der Waals surface area contributed by atoms with Gasteiger partial charge in [-0.05, 0) is 30.2 Å². The van der Waals surface area contributed by atoms with Gasteiger partial charge in [0.05, 0.1) is 5.56 Å². The molecule has 0 saturated heterocycles. The highest BCUT2D eigenvalue weighted by atomic mass is 16.1. The zero-order chi connectivity index (χ0) is 14.8. The van der Waals surface area contributed by atoms with Crippen molar-refractivity contribution in [2.45, 2.75) is 26.3 Å². The van der Waals surface area contributed by atoms with Crippen molar-refractivity contribution in [1.29, 1.82) is 0 Å². The van der Waals surface area contributed by atoms with E-state index < -0.39 is 0 Å². The van der Waals surface area contributed by atoms with Crippen LogP contribution in [0.4, 0.5) is 0 Å². The Morgan fingerprint density at radius 3 is 2.67 bits per heavy atom. The molecule has 1 aromatic heterocycles. The lowest BCUT2D eigenvalue weighted by molar-refractivity contribution is 0.112. The Bertz CT molecular complexity index is 789. The van der Waals surface area contributed by atoms with Crippen LogP contribution >= 0.6 is 0 Å². The van der Waals surface area contributed by atoms with Crippen LogP contribution < -0.4 is 0 Å². The molecule has 0 amide bonds. The Morgan fingerprint density at radius 1 is 1.19 bits per heavy atom. The van der Waals surface area contributed by atoms with E-state index in [1.165, 1.54) is 5.39 Å². The van der Waals surface area contributed by atoms with E-state index in [1.807, 2.05) is 29.1 Å². The van der Waals surface area contributed by atoms with E-state index >= 15 is 0 Å². The summed E-state index contributed by atoms with van der Waals surface area (Å²) >= 11 is 0. The van der Waals surface area contributed by atoms with Gasteiger partial charge in [-0.25, -0.2) is 0 Å². The summed E-state index contributed by atoms with van der Waals surface area (Å²) in [5.41, 5.74) is 2.39. The maximum atomic E-state index is 11.3. The monoisotopic (exact) mass is 278 g/mol. The first-order valence-corrected chi connectivity index (χ1v) is 7.26. The summed E-state index contributed by atoms with van der Waals surface area (Å²) in [6.45, 7) is 4.22. The molecule has 0 fully saturated rings. The summed E-state index contributed by atoms with van der Waals surface area (Å²) in [5, 5.41) is 6.96. The van der Waals surface area contributed by atoms with E-state index in [0.717, 1.165) is 29.4 Å². The number of carbonyl (C=O) groups is 1. The van der Waals surface area contributed by atoms with E-state index in [9.17, 15) is 4.79 Å². The van der Waals surface area contributed by atoms with Gasteiger partial charge in [-0.3, -0.25) is 9.48 Å². The van der Waals surface area contributed by atoms with Crippen LogP contribution in [0.15, 0.2) is 48.7 Å². The van der Waals surface area contributed by atoms with Crippen LogP contribution in [-0.2, 0) is 0 Å². The highest BCUT2D eigenvalue weighted by molar-refractivity contribution is 5.91. The summed E-state index contributed by atoms with van der Waals surface area (Å²) < 4.78 is 1.88. The number of carbonyl (C=O) groups excluding carboxylic acids is 1. The van der Waals surface area contributed by atoms with Gasteiger partial charge < -0.3 is 0 Å². The highest BCUT2D eigenvalue weighted by Crippen LogP contribution is 2.26. The Hall–Kier alpha value is -2.42. The van der Waals surface area contributed by atoms with Gasteiger partial charge in [0.25, 0.3) is 0 Å². The fraction of sp³-hybridized carbons (Fsp3) is 0.222. The van der Waals surface area contributed by atoms with Crippen molar-refractivity contribution in [1.82, 2.24) is 9.78 Å². The standard InChI is InChI=1S/C18H18N2O/c1-3-13(2)20-11-17(12-21)18(19-20)16-9-8-14-6-4-5-7-15(14)10-16/h4-13H,3H2,1-2H3. The van der Waals surface area contributed by atoms with Crippen LogP contribution in [0.25, 0.3) is 22.0 Å². The van der Waals surface area contributed by atoms with E-state index in [0.29, 0.717) is 5.56 Å². The van der Waals surface area contributed by atoms with Gasteiger partial charge in [0.1, 0.15) is 5.69 Å². The summed E-state index contributed by atoms with van der Waals surface area (Å²) in [6.07, 6.45) is 3.71. The maximum absolute atomic E-state index is 11.3. The molecule has 2 aromatic carbocycles. The molecule has 0 aliphatic rings. The highest BCUT2D eigenvalue weighted by Gasteiger charge is 2.13. The number of fused-ring (bicyclic) bond motifs is 1. The van der Waals surface area contributed by atoms with Gasteiger partial charge in [-0.1, -0.05) is 43.3 Å². The first kappa shape index (κ1) is 13.6. The van der Waals surface area contributed by atoms with Gasteiger partial charge in [-0.2, -0.15) is 5.10 Å². The molecule has 1 unspecified atom stereocenters. The van der Waals surface area contributed by atoms with Crippen LogP contribution in [0.3, 0.4) is 0 Å². The molecule has 1 heterocycles. The van der Waals surface area contributed by atoms with Crippen LogP contribution in [0.1, 0.15) is 36.7 Å². The average Bonchev–Trinajstić information content (AvgIpc) is 2.98. The molecular weight excluding hydrogens is 260 g/mol. The molecule has 3 aromatic rings. The lowest BCUT2D eigenvalue weighted by Gasteiger charge is -2.08. The van der Waals surface area contributed by atoms with Gasteiger partial charge in [-0.15, -0.1) is 0 Å². The van der Waals surface area contributed by atoms with Crippen molar-refractivity contribution in [3.63, 3.8) is 0 Å². The molecule has 21 heavy (non-hydrogen) atoms.